The van der Waals surface area contributed by atoms with E-state index in [0.29, 0.717) is 29.3 Å². The van der Waals surface area contributed by atoms with Crippen molar-refractivity contribution < 1.29 is 31.1 Å². The average Bonchev–Trinajstić information content (AvgIpc) is 3.08. The fourth-order valence-electron chi connectivity index (χ4n) is 3.96. The van der Waals surface area contributed by atoms with E-state index in [0.717, 1.165) is 12.3 Å². The van der Waals surface area contributed by atoms with Crippen LogP contribution in [0.25, 0.3) is 22.0 Å². The molecule has 4 aromatic rings. The highest BCUT2D eigenvalue weighted by Crippen LogP contribution is 2.39. The first-order valence-electron chi connectivity index (χ1n) is 10.6. The van der Waals surface area contributed by atoms with E-state index in [1.807, 2.05) is 4.72 Å². The van der Waals surface area contributed by atoms with Crippen LogP contribution in [0.5, 0.6) is 5.75 Å². The fourth-order valence-corrected chi connectivity index (χ4v) is 4.40. The van der Waals surface area contributed by atoms with Crippen LogP contribution in [-0.4, -0.2) is 31.8 Å². The number of amides is 1. The van der Waals surface area contributed by atoms with Crippen LogP contribution in [-0.2, 0) is 16.6 Å². The van der Waals surface area contributed by atoms with Gasteiger partial charge in [-0.05, 0) is 37.3 Å². The summed E-state index contributed by atoms with van der Waals surface area (Å²) in [4.78, 5) is 13.3. The number of hydrogen-bond acceptors (Lipinski definition) is 4. The molecule has 0 fully saturated rings. The number of benzene rings is 3. The van der Waals surface area contributed by atoms with Crippen molar-refractivity contribution in [3.8, 4) is 16.9 Å². The molecule has 0 aliphatic carbocycles. The standard InChI is InChI=1S/C25H21F3N2O4S/c1-3-34-17-10-11-22-19(13-17)23(18-6-4-5-7-20(18)27)24(25(31)29-35(2,32)33)30(22)14-15-8-9-16(26)12-21(15)28/h4-13H,3,14H2,1-2H3,(H,29,31). The van der Waals surface area contributed by atoms with Gasteiger partial charge >= 0.3 is 0 Å². The van der Waals surface area contributed by atoms with Crippen molar-refractivity contribution in [2.24, 2.45) is 0 Å². The molecule has 1 N–H and O–H groups in total. The van der Waals surface area contributed by atoms with Gasteiger partial charge in [-0.1, -0.05) is 24.3 Å². The lowest BCUT2D eigenvalue weighted by atomic mass is 10.0. The van der Waals surface area contributed by atoms with Crippen molar-refractivity contribution in [1.82, 2.24) is 9.29 Å². The molecule has 0 spiro atoms. The monoisotopic (exact) mass is 502 g/mol. The number of carbonyl (C=O) groups is 1. The summed E-state index contributed by atoms with van der Waals surface area (Å²) in [5, 5.41) is 0.391. The SMILES string of the molecule is CCOc1ccc2c(c1)c(-c1ccccc1F)c(C(=O)NS(C)(=O)=O)n2Cc1ccc(F)cc1F. The van der Waals surface area contributed by atoms with Crippen molar-refractivity contribution in [3.05, 3.63) is 89.4 Å². The van der Waals surface area contributed by atoms with Crippen LogP contribution in [0.1, 0.15) is 23.0 Å². The third-order valence-corrected chi connectivity index (χ3v) is 5.88. The van der Waals surface area contributed by atoms with Gasteiger partial charge in [-0.15, -0.1) is 0 Å². The van der Waals surface area contributed by atoms with Crippen LogP contribution in [0.4, 0.5) is 13.2 Å². The third-order valence-electron chi connectivity index (χ3n) is 5.33. The highest BCUT2D eigenvalue weighted by molar-refractivity contribution is 7.89. The van der Waals surface area contributed by atoms with Gasteiger partial charge in [0.1, 0.15) is 28.9 Å². The van der Waals surface area contributed by atoms with Gasteiger partial charge in [0.25, 0.3) is 5.91 Å². The van der Waals surface area contributed by atoms with Gasteiger partial charge in [-0.25, -0.2) is 26.3 Å². The summed E-state index contributed by atoms with van der Waals surface area (Å²) in [5.41, 5.74) is 0.402. The summed E-state index contributed by atoms with van der Waals surface area (Å²) in [7, 11) is -3.99. The van der Waals surface area contributed by atoms with Crippen LogP contribution in [0.15, 0.2) is 60.7 Å². The van der Waals surface area contributed by atoms with Crippen LogP contribution >= 0.6 is 0 Å². The Morgan fingerprint density at radius 2 is 1.74 bits per heavy atom. The molecule has 0 aliphatic rings. The highest BCUT2D eigenvalue weighted by atomic mass is 32.2. The Kier molecular flexibility index (Phi) is 6.58. The van der Waals surface area contributed by atoms with Gasteiger partial charge in [-0.2, -0.15) is 0 Å². The second kappa shape index (κ2) is 9.46. The molecule has 0 atom stereocenters. The summed E-state index contributed by atoms with van der Waals surface area (Å²) in [6.45, 7) is 1.89. The molecule has 0 bridgehead atoms. The second-order valence-electron chi connectivity index (χ2n) is 7.84. The number of carbonyl (C=O) groups excluding carboxylic acids is 1. The summed E-state index contributed by atoms with van der Waals surface area (Å²) in [6.07, 6.45) is 0.813. The summed E-state index contributed by atoms with van der Waals surface area (Å²) in [6, 6.07) is 13.6. The zero-order chi connectivity index (χ0) is 25.3. The topological polar surface area (TPSA) is 77.4 Å². The van der Waals surface area contributed by atoms with Crippen LogP contribution < -0.4 is 9.46 Å². The Hall–Kier alpha value is -3.79. The second-order valence-corrected chi connectivity index (χ2v) is 9.59. The van der Waals surface area contributed by atoms with Gasteiger partial charge in [-0.3, -0.25) is 4.79 Å². The fraction of sp³-hybridized carbons (Fsp3) is 0.160. The summed E-state index contributed by atoms with van der Waals surface area (Å²) < 4.78 is 75.7. The first-order chi connectivity index (χ1) is 16.6. The molecule has 0 saturated heterocycles. The van der Waals surface area contributed by atoms with Gasteiger partial charge < -0.3 is 9.30 Å². The van der Waals surface area contributed by atoms with E-state index >= 15 is 0 Å². The van der Waals surface area contributed by atoms with Crippen LogP contribution in [0.3, 0.4) is 0 Å². The van der Waals surface area contributed by atoms with Gasteiger partial charge in [0.05, 0.1) is 19.4 Å². The van der Waals surface area contributed by atoms with Crippen molar-refractivity contribution in [2.45, 2.75) is 13.5 Å². The molecule has 10 heteroatoms. The van der Waals surface area contributed by atoms with Crippen LogP contribution in [0, 0.1) is 17.5 Å². The predicted molar refractivity (Wildman–Crippen MR) is 126 cm³/mol. The van der Waals surface area contributed by atoms with Crippen molar-refractivity contribution >= 4 is 26.8 Å². The Morgan fingerprint density at radius 1 is 1.00 bits per heavy atom. The number of nitrogens with one attached hydrogen (secondary N) is 1. The Balaban J connectivity index is 2.08. The largest absolute Gasteiger partial charge is 0.494 e. The van der Waals surface area contributed by atoms with Crippen molar-refractivity contribution in [1.29, 1.82) is 0 Å². The first kappa shape index (κ1) is 24.3. The Morgan fingerprint density at radius 3 is 2.40 bits per heavy atom. The number of halogens is 3. The van der Waals surface area contributed by atoms with Crippen molar-refractivity contribution in [3.63, 3.8) is 0 Å². The smallest absolute Gasteiger partial charge is 0.282 e. The minimum Gasteiger partial charge on any atom is -0.494 e. The van der Waals surface area contributed by atoms with E-state index in [1.165, 1.54) is 28.8 Å². The number of sulfonamides is 1. The van der Waals surface area contributed by atoms with Crippen molar-refractivity contribution in [2.75, 3.05) is 12.9 Å². The van der Waals surface area contributed by atoms with E-state index in [4.69, 9.17) is 4.74 Å². The zero-order valence-corrected chi connectivity index (χ0v) is 19.6. The number of ether oxygens (including phenoxy) is 1. The van der Waals surface area contributed by atoms with Crippen LogP contribution in [0.2, 0.25) is 0 Å². The molecule has 1 heterocycles. The molecule has 35 heavy (non-hydrogen) atoms. The molecule has 1 amide bonds. The molecule has 4 rings (SSSR count). The lowest BCUT2D eigenvalue weighted by molar-refractivity contribution is 0.0974. The van der Waals surface area contributed by atoms with Gasteiger partial charge in [0.15, 0.2) is 0 Å². The van der Waals surface area contributed by atoms with E-state index in [9.17, 15) is 26.4 Å². The molecule has 6 nitrogen and oxygen atoms in total. The first-order valence-corrected chi connectivity index (χ1v) is 12.5. The number of rotatable bonds is 7. The number of fused-ring (bicyclic) bond motifs is 1. The summed E-state index contributed by atoms with van der Waals surface area (Å²) >= 11 is 0. The zero-order valence-electron chi connectivity index (χ0n) is 18.8. The normalized spacial score (nSPS) is 11.6. The molecular weight excluding hydrogens is 481 g/mol. The predicted octanol–water partition coefficient (Wildman–Crippen LogP) is 4.86. The molecular formula is C25H21F3N2O4S. The number of hydrogen-bond donors (Lipinski definition) is 1. The molecule has 3 aromatic carbocycles. The third kappa shape index (κ3) is 5.02. The maximum atomic E-state index is 15.0. The lowest BCUT2D eigenvalue weighted by Gasteiger charge is -2.13. The molecule has 182 valence electrons. The quantitative estimate of drug-likeness (QED) is 0.392. The number of aromatic nitrogens is 1. The maximum absolute atomic E-state index is 15.0. The molecule has 0 unspecified atom stereocenters. The van der Waals surface area contributed by atoms with E-state index in [-0.39, 0.29) is 28.9 Å². The molecule has 0 aliphatic heterocycles. The maximum Gasteiger partial charge on any atom is 0.282 e. The summed E-state index contributed by atoms with van der Waals surface area (Å²) in [5.74, 6) is -2.85. The van der Waals surface area contributed by atoms with E-state index in [2.05, 4.69) is 0 Å². The minimum absolute atomic E-state index is 0.0446. The Labute approximate surface area is 200 Å². The van der Waals surface area contributed by atoms with E-state index in [1.54, 1.807) is 31.2 Å². The lowest BCUT2D eigenvalue weighted by Crippen LogP contribution is -2.31. The van der Waals surface area contributed by atoms with Gasteiger partial charge in [0, 0.05) is 33.7 Å². The van der Waals surface area contributed by atoms with Gasteiger partial charge in [0.2, 0.25) is 10.0 Å². The van der Waals surface area contributed by atoms with E-state index < -0.39 is 33.4 Å². The molecule has 0 radical (unpaired) electrons. The highest BCUT2D eigenvalue weighted by Gasteiger charge is 2.28. The average molecular weight is 503 g/mol. The number of nitrogens with zero attached hydrogens (tertiary/aromatic N) is 1. The molecule has 1 aromatic heterocycles. The minimum atomic E-state index is -3.99. The molecule has 0 saturated carbocycles. The Bertz CT molecular complexity index is 1550.